The van der Waals surface area contributed by atoms with E-state index < -0.39 is 0 Å². The minimum Gasteiger partial charge on any atom is -0.315 e. The number of hydrogen-bond acceptors (Lipinski definition) is 4. The summed E-state index contributed by atoms with van der Waals surface area (Å²) >= 11 is 7.12. The molecule has 2 N–H and O–H groups in total. The molecule has 2 aromatic heterocycles. The summed E-state index contributed by atoms with van der Waals surface area (Å²) in [5, 5.41) is 5.65. The van der Waals surface area contributed by atoms with Crippen LogP contribution in [-0.4, -0.2) is 9.97 Å². The van der Waals surface area contributed by atoms with Gasteiger partial charge < -0.3 is 10.3 Å². The number of aromatic nitrogens is 2. The van der Waals surface area contributed by atoms with Gasteiger partial charge in [0.25, 0.3) is 0 Å². The second-order valence-corrected chi connectivity index (χ2v) is 4.49. The molecule has 0 aliphatic rings. The number of nitrogens with zero attached hydrogens (tertiary/aromatic N) is 1. The summed E-state index contributed by atoms with van der Waals surface area (Å²) in [4.78, 5) is 17.5. The summed E-state index contributed by atoms with van der Waals surface area (Å²) in [7, 11) is 0. The molecule has 0 spiro atoms. The van der Waals surface area contributed by atoms with Gasteiger partial charge >= 0.3 is 4.87 Å². The van der Waals surface area contributed by atoms with Crippen molar-refractivity contribution in [2.75, 3.05) is 0 Å². The first-order valence-corrected chi connectivity index (χ1v) is 5.97. The van der Waals surface area contributed by atoms with E-state index in [4.69, 9.17) is 11.6 Å². The van der Waals surface area contributed by atoms with Crippen molar-refractivity contribution < 1.29 is 0 Å². The molecule has 0 unspecified atom stereocenters. The Hall–Kier alpha value is -1.17. The van der Waals surface area contributed by atoms with Crippen LogP contribution in [0, 0.1) is 0 Å². The average Bonchev–Trinajstić information content (AvgIpc) is 2.67. The van der Waals surface area contributed by atoms with E-state index in [1.165, 1.54) is 11.3 Å². The molecule has 2 heterocycles. The fourth-order valence-corrected chi connectivity index (χ4v) is 2.05. The van der Waals surface area contributed by atoms with Gasteiger partial charge in [0.15, 0.2) is 0 Å². The second kappa shape index (κ2) is 5.25. The van der Waals surface area contributed by atoms with E-state index in [0.29, 0.717) is 18.1 Å². The highest BCUT2D eigenvalue weighted by Gasteiger charge is 2.00. The highest BCUT2D eigenvalue weighted by molar-refractivity contribution is 7.07. The smallest absolute Gasteiger partial charge is 0.304 e. The van der Waals surface area contributed by atoms with Crippen molar-refractivity contribution in [1.29, 1.82) is 0 Å². The maximum Gasteiger partial charge on any atom is 0.304 e. The van der Waals surface area contributed by atoms with Gasteiger partial charge in [-0.25, -0.2) is 0 Å². The summed E-state index contributed by atoms with van der Waals surface area (Å²) in [6, 6.07) is 1.87. The van der Waals surface area contributed by atoms with Gasteiger partial charge in [-0.1, -0.05) is 22.9 Å². The number of pyridine rings is 1. The van der Waals surface area contributed by atoms with Gasteiger partial charge in [0, 0.05) is 36.6 Å². The van der Waals surface area contributed by atoms with Crippen LogP contribution in [0.15, 0.2) is 28.6 Å². The summed E-state index contributed by atoms with van der Waals surface area (Å²) in [6.45, 7) is 1.27. The van der Waals surface area contributed by atoms with Crippen LogP contribution in [0.1, 0.15) is 11.3 Å². The molecular weight excluding hydrogens is 246 g/mol. The molecule has 0 aliphatic carbocycles. The van der Waals surface area contributed by atoms with E-state index in [1.807, 2.05) is 11.4 Å². The Morgan fingerprint density at radius 3 is 3.06 bits per heavy atom. The van der Waals surface area contributed by atoms with Crippen LogP contribution < -0.4 is 10.2 Å². The molecule has 0 aliphatic heterocycles. The Morgan fingerprint density at radius 1 is 1.50 bits per heavy atom. The normalized spacial score (nSPS) is 10.6. The van der Waals surface area contributed by atoms with Gasteiger partial charge in [0.1, 0.15) is 0 Å². The molecule has 0 bridgehead atoms. The van der Waals surface area contributed by atoms with Gasteiger partial charge in [-0.15, -0.1) is 0 Å². The van der Waals surface area contributed by atoms with Crippen LogP contribution in [0.25, 0.3) is 0 Å². The molecule has 2 rings (SSSR count). The van der Waals surface area contributed by atoms with E-state index in [-0.39, 0.29) is 4.87 Å². The zero-order valence-corrected chi connectivity index (χ0v) is 9.94. The number of rotatable bonds is 4. The molecule has 0 radical (unpaired) electrons. The number of aromatic amines is 1. The van der Waals surface area contributed by atoms with Crippen LogP contribution in [0.3, 0.4) is 0 Å². The molecule has 84 valence electrons. The zero-order valence-electron chi connectivity index (χ0n) is 8.37. The average molecular weight is 256 g/mol. The molecule has 6 heteroatoms. The molecule has 0 amide bonds. The Morgan fingerprint density at radius 2 is 2.38 bits per heavy atom. The van der Waals surface area contributed by atoms with E-state index >= 15 is 0 Å². The van der Waals surface area contributed by atoms with Crippen molar-refractivity contribution in [1.82, 2.24) is 15.3 Å². The third-order valence-electron chi connectivity index (χ3n) is 2.06. The van der Waals surface area contributed by atoms with Gasteiger partial charge in [-0.05, 0) is 11.6 Å². The van der Waals surface area contributed by atoms with Crippen LogP contribution in [-0.2, 0) is 13.1 Å². The number of nitrogens with one attached hydrogen (secondary N) is 2. The summed E-state index contributed by atoms with van der Waals surface area (Å²) < 4.78 is 0. The predicted molar refractivity (Wildman–Crippen MR) is 64.7 cm³/mol. The molecule has 0 fully saturated rings. The van der Waals surface area contributed by atoms with E-state index in [1.54, 1.807) is 12.4 Å². The van der Waals surface area contributed by atoms with Crippen molar-refractivity contribution >= 4 is 22.9 Å². The molecule has 0 aromatic carbocycles. The molecule has 2 aromatic rings. The molecule has 4 nitrogen and oxygen atoms in total. The zero-order chi connectivity index (χ0) is 11.4. The number of halogens is 1. The lowest BCUT2D eigenvalue weighted by atomic mass is 10.2. The quantitative estimate of drug-likeness (QED) is 0.876. The van der Waals surface area contributed by atoms with E-state index in [2.05, 4.69) is 15.3 Å². The lowest BCUT2D eigenvalue weighted by Gasteiger charge is -2.04. The lowest BCUT2D eigenvalue weighted by molar-refractivity contribution is 0.681. The molecular formula is C10H10ClN3OS. The van der Waals surface area contributed by atoms with Crippen LogP contribution in [0.2, 0.25) is 5.02 Å². The third kappa shape index (κ3) is 2.91. The molecule has 0 atom stereocenters. The van der Waals surface area contributed by atoms with Crippen LogP contribution in [0.4, 0.5) is 0 Å². The van der Waals surface area contributed by atoms with Crippen molar-refractivity contribution in [2.45, 2.75) is 13.1 Å². The van der Waals surface area contributed by atoms with Gasteiger partial charge in [0.05, 0.1) is 5.02 Å². The van der Waals surface area contributed by atoms with Crippen molar-refractivity contribution in [3.63, 3.8) is 0 Å². The third-order valence-corrected chi connectivity index (χ3v) is 3.12. The topological polar surface area (TPSA) is 57.8 Å². The van der Waals surface area contributed by atoms with Gasteiger partial charge in [-0.3, -0.25) is 9.78 Å². The minimum atomic E-state index is -0.0289. The summed E-state index contributed by atoms with van der Waals surface area (Å²) in [5.74, 6) is 0. The number of thiazole rings is 1. The Labute approximate surface area is 101 Å². The maximum absolute atomic E-state index is 10.9. The highest BCUT2D eigenvalue weighted by Crippen LogP contribution is 2.12. The first kappa shape index (κ1) is 11.3. The molecule has 16 heavy (non-hydrogen) atoms. The predicted octanol–water partition coefficient (Wildman–Crippen LogP) is 1.77. The fourth-order valence-electron chi connectivity index (χ4n) is 1.28. The minimum absolute atomic E-state index is 0.0289. The van der Waals surface area contributed by atoms with Gasteiger partial charge in [0.2, 0.25) is 0 Å². The first-order valence-electron chi connectivity index (χ1n) is 4.71. The Kier molecular flexibility index (Phi) is 3.71. The Bertz CT molecular complexity index is 523. The van der Waals surface area contributed by atoms with Crippen molar-refractivity contribution in [3.8, 4) is 0 Å². The number of hydrogen-bond donors (Lipinski definition) is 2. The standard InChI is InChI=1S/C10H10ClN3OS/c11-9-5-12-2-1-7(9)3-13-4-8-6-16-10(15)14-8/h1-2,5-6,13H,3-4H2,(H,14,15). The lowest BCUT2D eigenvalue weighted by Crippen LogP contribution is -2.14. The molecule has 0 saturated carbocycles. The second-order valence-electron chi connectivity index (χ2n) is 3.24. The fraction of sp³-hybridized carbons (Fsp3) is 0.200. The SMILES string of the molecule is O=c1[nH]c(CNCc2ccncc2Cl)cs1. The van der Waals surface area contributed by atoms with Crippen LogP contribution >= 0.6 is 22.9 Å². The van der Waals surface area contributed by atoms with Gasteiger partial charge in [-0.2, -0.15) is 0 Å². The van der Waals surface area contributed by atoms with E-state index in [0.717, 1.165) is 11.3 Å². The number of H-pyrrole nitrogens is 1. The summed E-state index contributed by atoms with van der Waals surface area (Å²) in [6.07, 6.45) is 3.32. The van der Waals surface area contributed by atoms with E-state index in [9.17, 15) is 4.79 Å². The van der Waals surface area contributed by atoms with Crippen molar-refractivity contribution in [2.24, 2.45) is 0 Å². The first-order chi connectivity index (χ1) is 7.75. The molecule has 0 saturated heterocycles. The maximum atomic E-state index is 10.9. The summed E-state index contributed by atoms with van der Waals surface area (Å²) in [5.41, 5.74) is 1.88. The van der Waals surface area contributed by atoms with Crippen LogP contribution in [0.5, 0.6) is 0 Å². The Balaban J connectivity index is 1.89. The largest absolute Gasteiger partial charge is 0.315 e. The monoisotopic (exact) mass is 255 g/mol. The highest BCUT2D eigenvalue weighted by atomic mass is 35.5. The van der Waals surface area contributed by atoms with Crippen molar-refractivity contribution in [3.05, 3.63) is 49.8 Å².